The molecule has 1 aliphatic heterocycles. The zero-order chi connectivity index (χ0) is 16.1. The number of methoxy groups -OCH3 is 1. The molecule has 0 aromatic heterocycles. The van der Waals surface area contributed by atoms with Gasteiger partial charge in [0.2, 0.25) is 0 Å². The second kappa shape index (κ2) is 7.53. The number of hydrogen-bond donors (Lipinski definition) is 2. The van der Waals surface area contributed by atoms with E-state index in [4.69, 9.17) is 0 Å². The molecule has 0 aliphatic carbocycles. The topological polar surface area (TPSA) is 95.9 Å². The van der Waals surface area contributed by atoms with E-state index in [0.717, 1.165) is 6.42 Å². The summed E-state index contributed by atoms with van der Waals surface area (Å²) in [5.41, 5.74) is -1.05. The van der Waals surface area contributed by atoms with E-state index in [1.54, 1.807) is 6.92 Å². The molecular formula is C13H26N2O5S. The zero-order valence-corrected chi connectivity index (χ0v) is 13.8. The molecule has 0 aromatic rings. The van der Waals surface area contributed by atoms with Crippen LogP contribution in [0.15, 0.2) is 0 Å². The summed E-state index contributed by atoms with van der Waals surface area (Å²) in [6.45, 7) is 4.10. The molecule has 1 fully saturated rings. The van der Waals surface area contributed by atoms with E-state index < -0.39 is 15.8 Å². The van der Waals surface area contributed by atoms with Crippen molar-refractivity contribution < 1.29 is 23.1 Å². The summed E-state index contributed by atoms with van der Waals surface area (Å²) < 4.78 is 32.8. The Hall–Kier alpha value is -0.700. The molecule has 1 unspecified atom stereocenters. The number of carbonyl (C=O) groups is 1. The summed E-state index contributed by atoms with van der Waals surface area (Å²) in [7, 11) is -2.28. The first-order valence-corrected chi connectivity index (χ1v) is 8.71. The number of esters is 1. The van der Waals surface area contributed by atoms with Crippen LogP contribution in [0.25, 0.3) is 0 Å². The number of nitrogens with zero attached hydrogens (tertiary/aromatic N) is 1. The van der Waals surface area contributed by atoms with Crippen LogP contribution < -0.4 is 4.72 Å². The molecule has 0 radical (unpaired) electrons. The van der Waals surface area contributed by atoms with Gasteiger partial charge in [-0.25, -0.2) is 0 Å². The Labute approximate surface area is 126 Å². The number of aliphatic hydroxyl groups is 1. The van der Waals surface area contributed by atoms with Gasteiger partial charge in [-0.05, 0) is 26.2 Å². The number of hydrogen-bond acceptors (Lipinski definition) is 5. The van der Waals surface area contributed by atoms with Gasteiger partial charge in [-0.15, -0.1) is 0 Å². The highest BCUT2D eigenvalue weighted by atomic mass is 32.2. The van der Waals surface area contributed by atoms with Gasteiger partial charge in [0.25, 0.3) is 10.2 Å². The van der Waals surface area contributed by atoms with Gasteiger partial charge in [0.15, 0.2) is 0 Å². The Morgan fingerprint density at radius 3 is 2.48 bits per heavy atom. The largest absolute Gasteiger partial charge is 0.469 e. The van der Waals surface area contributed by atoms with Gasteiger partial charge in [-0.2, -0.15) is 17.4 Å². The van der Waals surface area contributed by atoms with Crippen molar-refractivity contribution in [2.24, 2.45) is 5.92 Å². The summed E-state index contributed by atoms with van der Waals surface area (Å²) in [5, 5.41) is 10.0. The summed E-state index contributed by atoms with van der Waals surface area (Å²) in [6, 6.07) is 0. The minimum Gasteiger partial charge on any atom is -0.469 e. The molecule has 1 aliphatic rings. The van der Waals surface area contributed by atoms with Crippen molar-refractivity contribution in [2.75, 3.05) is 26.7 Å². The number of ether oxygens (including phenoxy) is 1. The van der Waals surface area contributed by atoms with Crippen LogP contribution >= 0.6 is 0 Å². The predicted octanol–water partition coefficient (Wildman–Crippen LogP) is 0.257. The average molecular weight is 322 g/mol. The van der Waals surface area contributed by atoms with Crippen molar-refractivity contribution in [2.45, 2.75) is 45.1 Å². The van der Waals surface area contributed by atoms with Crippen LogP contribution in [-0.4, -0.2) is 56.1 Å². The monoisotopic (exact) mass is 322 g/mol. The van der Waals surface area contributed by atoms with E-state index in [2.05, 4.69) is 9.46 Å². The van der Waals surface area contributed by atoms with Crippen molar-refractivity contribution >= 4 is 16.2 Å². The third-order valence-corrected chi connectivity index (χ3v) is 5.31. The maximum absolute atomic E-state index is 12.2. The Morgan fingerprint density at radius 2 is 2.00 bits per heavy atom. The fourth-order valence-corrected chi connectivity index (χ4v) is 3.83. The van der Waals surface area contributed by atoms with Crippen LogP contribution in [0.1, 0.15) is 39.5 Å². The maximum atomic E-state index is 12.2. The van der Waals surface area contributed by atoms with Gasteiger partial charge in [0, 0.05) is 19.6 Å². The average Bonchev–Trinajstić information content (AvgIpc) is 2.45. The van der Waals surface area contributed by atoms with E-state index in [9.17, 15) is 18.3 Å². The van der Waals surface area contributed by atoms with E-state index in [1.807, 2.05) is 6.92 Å². The molecule has 0 spiro atoms. The molecular weight excluding hydrogens is 296 g/mol. The maximum Gasteiger partial charge on any atom is 0.308 e. The van der Waals surface area contributed by atoms with Crippen molar-refractivity contribution in [3.8, 4) is 0 Å². The lowest BCUT2D eigenvalue weighted by Crippen LogP contribution is -2.49. The standard InChI is InChI=1S/C13H26N2O5S/c1-4-7-13(2,17)10-14-21(18,19)15-8-5-11(6-9-15)12(16)20-3/h11,14,17H,4-10H2,1-3H3. The van der Waals surface area contributed by atoms with Gasteiger partial charge < -0.3 is 9.84 Å². The highest BCUT2D eigenvalue weighted by Crippen LogP contribution is 2.20. The minimum absolute atomic E-state index is 0.0138. The third kappa shape index (κ3) is 5.54. The normalized spacial score (nSPS) is 21.0. The first kappa shape index (κ1) is 18.3. The lowest BCUT2D eigenvalue weighted by Gasteiger charge is -2.31. The van der Waals surface area contributed by atoms with E-state index in [1.165, 1.54) is 11.4 Å². The molecule has 1 atom stereocenters. The number of piperidine rings is 1. The van der Waals surface area contributed by atoms with E-state index >= 15 is 0 Å². The van der Waals surface area contributed by atoms with Crippen molar-refractivity contribution in [1.29, 1.82) is 0 Å². The van der Waals surface area contributed by atoms with E-state index in [-0.39, 0.29) is 31.5 Å². The molecule has 124 valence electrons. The summed E-state index contributed by atoms with van der Waals surface area (Å²) in [6.07, 6.45) is 2.22. The first-order chi connectivity index (χ1) is 9.72. The zero-order valence-electron chi connectivity index (χ0n) is 13.0. The van der Waals surface area contributed by atoms with Crippen LogP contribution in [0.2, 0.25) is 0 Å². The second-order valence-electron chi connectivity index (χ2n) is 5.77. The molecule has 1 heterocycles. The number of carbonyl (C=O) groups excluding carboxylic acids is 1. The minimum atomic E-state index is -3.62. The van der Waals surface area contributed by atoms with E-state index in [0.29, 0.717) is 19.3 Å². The van der Waals surface area contributed by atoms with Crippen molar-refractivity contribution in [3.63, 3.8) is 0 Å². The quantitative estimate of drug-likeness (QED) is 0.655. The van der Waals surface area contributed by atoms with Crippen molar-refractivity contribution in [1.82, 2.24) is 9.03 Å². The van der Waals surface area contributed by atoms with Gasteiger partial charge in [-0.1, -0.05) is 13.3 Å². The highest BCUT2D eigenvalue weighted by molar-refractivity contribution is 7.87. The molecule has 2 N–H and O–H groups in total. The fourth-order valence-electron chi connectivity index (χ4n) is 2.46. The second-order valence-corrected chi connectivity index (χ2v) is 7.52. The van der Waals surface area contributed by atoms with Crippen molar-refractivity contribution in [3.05, 3.63) is 0 Å². The van der Waals surface area contributed by atoms with Crippen LogP contribution in [0, 0.1) is 5.92 Å². The van der Waals surface area contributed by atoms with Gasteiger partial charge >= 0.3 is 5.97 Å². The lowest BCUT2D eigenvalue weighted by molar-refractivity contribution is -0.146. The number of nitrogens with one attached hydrogen (secondary N) is 1. The molecule has 1 saturated heterocycles. The smallest absolute Gasteiger partial charge is 0.308 e. The van der Waals surface area contributed by atoms with Crippen LogP contribution in [-0.2, 0) is 19.7 Å². The van der Waals surface area contributed by atoms with Gasteiger partial charge in [-0.3, -0.25) is 4.79 Å². The highest BCUT2D eigenvalue weighted by Gasteiger charge is 2.32. The molecule has 21 heavy (non-hydrogen) atoms. The third-order valence-electron chi connectivity index (χ3n) is 3.75. The van der Waals surface area contributed by atoms with Gasteiger partial charge in [0.05, 0.1) is 18.6 Å². The molecule has 8 heteroatoms. The Bertz CT molecular complexity index is 441. The summed E-state index contributed by atoms with van der Waals surface area (Å²) in [4.78, 5) is 11.4. The first-order valence-electron chi connectivity index (χ1n) is 7.27. The Balaban J connectivity index is 2.52. The molecule has 0 amide bonds. The molecule has 0 aromatic carbocycles. The molecule has 0 saturated carbocycles. The fraction of sp³-hybridized carbons (Fsp3) is 0.923. The lowest BCUT2D eigenvalue weighted by atomic mass is 9.99. The number of rotatable bonds is 7. The molecule has 7 nitrogen and oxygen atoms in total. The molecule has 0 bridgehead atoms. The predicted molar refractivity (Wildman–Crippen MR) is 78.8 cm³/mol. The van der Waals surface area contributed by atoms with Crippen LogP contribution in [0.3, 0.4) is 0 Å². The summed E-state index contributed by atoms with van der Waals surface area (Å²) >= 11 is 0. The van der Waals surface area contributed by atoms with Crippen LogP contribution in [0.4, 0.5) is 0 Å². The molecule has 1 rings (SSSR count). The Kier molecular flexibility index (Phi) is 6.58. The van der Waals surface area contributed by atoms with Gasteiger partial charge in [0.1, 0.15) is 0 Å². The van der Waals surface area contributed by atoms with Crippen LogP contribution in [0.5, 0.6) is 0 Å². The SMILES string of the molecule is CCCC(C)(O)CNS(=O)(=O)N1CCC(C(=O)OC)CC1. The summed E-state index contributed by atoms with van der Waals surface area (Å²) in [5.74, 6) is -0.518. The Morgan fingerprint density at radius 1 is 1.43 bits per heavy atom.